The molecule has 21 heavy (non-hydrogen) atoms. The minimum absolute atomic E-state index is 0.119. The zero-order valence-electron chi connectivity index (χ0n) is 11.9. The van der Waals surface area contributed by atoms with Crippen molar-refractivity contribution in [3.8, 4) is 0 Å². The fourth-order valence-corrected chi connectivity index (χ4v) is 3.26. The molecule has 0 spiro atoms. The summed E-state index contributed by atoms with van der Waals surface area (Å²) in [4.78, 5) is 3.89. The SMILES string of the molecule is Cc1ccc(C(C)NS(=O)(=O)c2ncccc2NN)cc1. The van der Waals surface area contributed by atoms with Gasteiger partial charge < -0.3 is 5.43 Å². The smallest absolute Gasteiger partial charge is 0.260 e. The fourth-order valence-electron chi connectivity index (χ4n) is 1.93. The van der Waals surface area contributed by atoms with Crippen molar-refractivity contribution in [2.45, 2.75) is 24.9 Å². The molecule has 0 saturated heterocycles. The van der Waals surface area contributed by atoms with E-state index in [0.717, 1.165) is 11.1 Å². The van der Waals surface area contributed by atoms with E-state index < -0.39 is 10.0 Å². The first-order valence-corrected chi connectivity index (χ1v) is 7.93. The van der Waals surface area contributed by atoms with E-state index in [1.165, 1.54) is 6.20 Å². The van der Waals surface area contributed by atoms with Crippen molar-refractivity contribution >= 4 is 15.7 Å². The number of nitrogens with two attached hydrogens (primary N) is 1. The summed E-state index contributed by atoms with van der Waals surface area (Å²) < 4.78 is 27.4. The second kappa shape index (κ2) is 6.21. The number of rotatable bonds is 5. The summed E-state index contributed by atoms with van der Waals surface area (Å²) in [5, 5.41) is -0.119. The summed E-state index contributed by atoms with van der Waals surface area (Å²) in [6, 6.07) is 10.5. The Morgan fingerprint density at radius 1 is 1.19 bits per heavy atom. The van der Waals surface area contributed by atoms with E-state index in [9.17, 15) is 8.42 Å². The molecular formula is C14H18N4O2S. The van der Waals surface area contributed by atoms with Gasteiger partial charge in [-0.25, -0.2) is 18.1 Å². The molecule has 1 aromatic heterocycles. The van der Waals surface area contributed by atoms with E-state index >= 15 is 0 Å². The van der Waals surface area contributed by atoms with Gasteiger partial charge in [-0.1, -0.05) is 29.8 Å². The van der Waals surface area contributed by atoms with Crippen LogP contribution in [0.2, 0.25) is 0 Å². The van der Waals surface area contributed by atoms with E-state index in [1.807, 2.05) is 31.2 Å². The summed E-state index contributed by atoms with van der Waals surface area (Å²) >= 11 is 0. The lowest BCUT2D eigenvalue weighted by molar-refractivity contribution is 0.563. The number of anilines is 1. The Bertz CT molecular complexity index is 714. The van der Waals surface area contributed by atoms with Gasteiger partial charge >= 0.3 is 0 Å². The van der Waals surface area contributed by atoms with Crippen LogP contribution in [0.3, 0.4) is 0 Å². The van der Waals surface area contributed by atoms with Crippen molar-refractivity contribution in [3.05, 3.63) is 53.7 Å². The van der Waals surface area contributed by atoms with E-state index in [4.69, 9.17) is 5.84 Å². The third kappa shape index (κ3) is 3.57. The van der Waals surface area contributed by atoms with Gasteiger partial charge in [-0.2, -0.15) is 0 Å². The average Bonchev–Trinajstić information content (AvgIpc) is 2.47. The van der Waals surface area contributed by atoms with Crippen LogP contribution in [0.5, 0.6) is 0 Å². The predicted molar refractivity (Wildman–Crippen MR) is 82.0 cm³/mol. The van der Waals surface area contributed by atoms with Gasteiger partial charge in [0, 0.05) is 12.2 Å². The molecule has 0 saturated carbocycles. The zero-order chi connectivity index (χ0) is 15.5. The lowest BCUT2D eigenvalue weighted by Gasteiger charge is -2.16. The molecule has 1 unspecified atom stereocenters. The molecule has 1 heterocycles. The number of nitrogen functional groups attached to an aromatic ring is 1. The monoisotopic (exact) mass is 306 g/mol. The van der Waals surface area contributed by atoms with E-state index in [1.54, 1.807) is 19.1 Å². The Hall–Kier alpha value is -1.96. The van der Waals surface area contributed by atoms with Crippen LogP contribution in [0.25, 0.3) is 0 Å². The number of hydrogen-bond acceptors (Lipinski definition) is 5. The summed E-state index contributed by atoms with van der Waals surface area (Å²) in [6.45, 7) is 3.76. The van der Waals surface area contributed by atoms with Gasteiger partial charge in [0.15, 0.2) is 5.03 Å². The van der Waals surface area contributed by atoms with Crippen LogP contribution in [-0.2, 0) is 10.0 Å². The molecule has 6 nitrogen and oxygen atoms in total. The van der Waals surface area contributed by atoms with Gasteiger partial charge in [0.2, 0.25) is 0 Å². The van der Waals surface area contributed by atoms with Crippen molar-refractivity contribution in [1.82, 2.24) is 9.71 Å². The number of nitrogens with zero attached hydrogens (tertiary/aromatic N) is 1. The standard InChI is InChI=1S/C14H18N4O2S/c1-10-5-7-12(8-6-10)11(2)18-21(19,20)14-13(17-15)4-3-9-16-14/h3-9,11,17-18H,15H2,1-2H3. The van der Waals surface area contributed by atoms with Gasteiger partial charge in [-0.05, 0) is 31.5 Å². The lowest BCUT2D eigenvalue weighted by atomic mass is 10.1. The average molecular weight is 306 g/mol. The van der Waals surface area contributed by atoms with Crippen LogP contribution in [0.4, 0.5) is 5.69 Å². The lowest BCUT2D eigenvalue weighted by Crippen LogP contribution is -2.29. The third-order valence-electron chi connectivity index (χ3n) is 3.09. The van der Waals surface area contributed by atoms with Crippen molar-refractivity contribution < 1.29 is 8.42 Å². The van der Waals surface area contributed by atoms with Crippen LogP contribution in [0.1, 0.15) is 24.1 Å². The van der Waals surface area contributed by atoms with E-state index in [0.29, 0.717) is 0 Å². The Morgan fingerprint density at radius 3 is 2.48 bits per heavy atom. The molecule has 0 aliphatic carbocycles. The van der Waals surface area contributed by atoms with Gasteiger partial charge in [0.1, 0.15) is 0 Å². The minimum Gasteiger partial charge on any atom is -0.321 e. The third-order valence-corrected chi connectivity index (χ3v) is 4.59. The fraction of sp³-hybridized carbons (Fsp3) is 0.214. The molecule has 2 rings (SSSR count). The maximum atomic E-state index is 12.4. The number of aromatic nitrogens is 1. The molecule has 0 aliphatic rings. The number of hydrazine groups is 1. The predicted octanol–water partition coefficient (Wildman–Crippen LogP) is 1.72. The number of benzene rings is 1. The van der Waals surface area contributed by atoms with Crippen LogP contribution in [-0.4, -0.2) is 13.4 Å². The molecule has 1 aromatic carbocycles. The summed E-state index contributed by atoms with van der Waals surface area (Å²) in [6.07, 6.45) is 1.41. The van der Waals surface area contributed by atoms with E-state index in [-0.39, 0.29) is 16.8 Å². The maximum Gasteiger partial charge on any atom is 0.260 e. The van der Waals surface area contributed by atoms with Crippen LogP contribution in [0, 0.1) is 6.92 Å². The molecule has 0 amide bonds. The van der Waals surface area contributed by atoms with Crippen molar-refractivity contribution in [3.63, 3.8) is 0 Å². The molecule has 1 atom stereocenters. The molecule has 0 radical (unpaired) electrons. The Morgan fingerprint density at radius 2 is 1.86 bits per heavy atom. The van der Waals surface area contributed by atoms with Crippen molar-refractivity contribution in [1.29, 1.82) is 0 Å². The number of sulfonamides is 1. The number of nitrogens with one attached hydrogen (secondary N) is 2. The minimum atomic E-state index is -3.76. The van der Waals surface area contributed by atoms with Crippen molar-refractivity contribution in [2.75, 3.05) is 5.43 Å². The highest BCUT2D eigenvalue weighted by Gasteiger charge is 2.22. The topological polar surface area (TPSA) is 97.1 Å². The Kier molecular flexibility index (Phi) is 4.56. The summed E-state index contributed by atoms with van der Waals surface area (Å²) in [7, 11) is -3.76. The highest BCUT2D eigenvalue weighted by atomic mass is 32.2. The normalized spacial score (nSPS) is 12.9. The zero-order valence-corrected chi connectivity index (χ0v) is 12.7. The molecule has 7 heteroatoms. The molecule has 4 N–H and O–H groups in total. The Balaban J connectivity index is 2.26. The maximum absolute atomic E-state index is 12.4. The van der Waals surface area contributed by atoms with Gasteiger partial charge in [-0.15, -0.1) is 0 Å². The van der Waals surface area contributed by atoms with E-state index in [2.05, 4.69) is 15.1 Å². The number of aryl methyl sites for hydroxylation is 1. The molecule has 2 aromatic rings. The van der Waals surface area contributed by atoms with Crippen LogP contribution >= 0.6 is 0 Å². The second-order valence-electron chi connectivity index (χ2n) is 4.75. The summed E-state index contributed by atoms with van der Waals surface area (Å²) in [5.74, 6) is 5.32. The molecule has 0 aliphatic heterocycles. The first-order valence-electron chi connectivity index (χ1n) is 6.44. The largest absolute Gasteiger partial charge is 0.321 e. The highest BCUT2D eigenvalue weighted by molar-refractivity contribution is 7.89. The van der Waals surface area contributed by atoms with Gasteiger partial charge in [0.05, 0.1) is 5.69 Å². The molecular weight excluding hydrogens is 288 g/mol. The molecule has 0 fully saturated rings. The van der Waals surface area contributed by atoms with Gasteiger partial charge in [0.25, 0.3) is 10.0 Å². The summed E-state index contributed by atoms with van der Waals surface area (Å²) in [5.41, 5.74) is 4.59. The number of pyridine rings is 1. The first-order chi connectivity index (χ1) is 9.94. The second-order valence-corrected chi connectivity index (χ2v) is 6.38. The first kappa shape index (κ1) is 15.4. The van der Waals surface area contributed by atoms with Crippen molar-refractivity contribution in [2.24, 2.45) is 5.84 Å². The highest BCUT2D eigenvalue weighted by Crippen LogP contribution is 2.20. The van der Waals surface area contributed by atoms with Crippen LogP contribution < -0.4 is 16.0 Å². The Labute approximate surface area is 124 Å². The van der Waals surface area contributed by atoms with Crippen LogP contribution in [0.15, 0.2) is 47.6 Å². The molecule has 0 bridgehead atoms. The number of hydrogen-bond donors (Lipinski definition) is 3. The quantitative estimate of drug-likeness (QED) is 0.577. The van der Waals surface area contributed by atoms with Gasteiger partial charge in [-0.3, -0.25) is 5.84 Å². The molecule has 112 valence electrons.